The second-order valence-corrected chi connectivity index (χ2v) is 8.81. The largest absolute Gasteiger partial charge is 0.273 e. The Hall–Kier alpha value is -2.71. The van der Waals surface area contributed by atoms with E-state index in [2.05, 4.69) is 15.6 Å². The van der Waals surface area contributed by atoms with Crippen LogP contribution >= 0.6 is 0 Å². The highest BCUT2D eigenvalue weighted by Gasteiger charge is 2.18. The minimum absolute atomic E-state index is 0.0557. The Kier molecular flexibility index (Phi) is 7.00. The highest BCUT2D eigenvalue weighted by Crippen LogP contribution is 2.23. The summed E-state index contributed by atoms with van der Waals surface area (Å²) in [5.41, 5.74) is 7.75. The number of amides is 2. The van der Waals surface area contributed by atoms with Crippen LogP contribution in [0.3, 0.4) is 0 Å². The molecule has 0 unspecified atom stereocenters. The monoisotopic (exact) mass is 415 g/mol. The number of benzene rings is 2. The molecular formula is C21H25N3O4S. The lowest BCUT2D eigenvalue weighted by Gasteiger charge is -2.16. The van der Waals surface area contributed by atoms with Gasteiger partial charge >= 0.3 is 0 Å². The van der Waals surface area contributed by atoms with E-state index in [9.17, 15) is 18.0 Å². The predicted octanol–water partition coefficient (Wildman–Crippen LogP) is 1.62. The topological polar surface area (TPSA) is 104 Å². The first-order chi connectivity index (χ1) is 13.9. The number of carbonyl (C=O) groups is 2. The van der Waals surface area contributed by atoms with Crippen molar-refractivity contribution in [1.82, 2.24) is 15.6 Å². The van der Waals surface area contributed by atoms with Gasteiger partial charge in [0.2, 0.25) is 21.8 Å². The number of hydrogen-bond donors (Lipinski definition) is 3. The van der Waals surface area contributed by atoms with Crippen LogP contribution < -0.4 is 15.6 Å². The summed E-state index contributed by atoms with van der Waals surface area (Å²) in [5.74, 6) is -0.821. The van der Waals surface area contributed by atoms with E-state index in [0.29, 0.717) is 0 Å². The standard InChI is InChI=1S/C21H25N3O4S/c25-20(23-24-21(26)14-16-6-2-1-3-7-16)12-13-22-29(27,28)19-11-10-17-8-4-5-9-18(17)15-19/h1-3,6-7,10-11,15,22H,4-5,8-9,12-14H2,(H,23,25)(H,24,26). The second-order valence-electron chi connectivity index (χ2n) is 7.04. The summed E-state index contributed by atoms with van der Waals surface area (Å²) < 4.78 is 27.4. The lowest BCUT2D eigenvalue weighted by Crippen LogP contribution is -2.43. The van der Waals surface area contributed by atoms with Crippen molar-refractivity contribution in [3.63, 3.8) is 0 Å². The van der Waals surface area contributed by atoms with E-state index in [0.717, 1.165) is 36.8 Å². The van der Waals surface area contributed by atoms with Gasteiger partial charge in [-0.3, -0.25) is 20.4 Å². The highest BCUT2D eigenvalue weighted by atomic mass is 32.2. The smallest absolute Gasteiger partial charge is 0.242 e. The van der Waals surface area contributed by atoms with Crippen molar-refractivity contribution in [1.29, 1.82) is 0 Å². The van der Waals surface area contributed by atoms with Gasteiger partial charge in [-0.25, -0.2) is 13.1 Å². The summed E-state index contributed by atoms with van der Waals surface area (Å²) in [5, 5.41) is 0. The van der Waals surface area contributed by atoms with E-state index in [-0.39, 0.29) is 30.2 Å². The molecule has 0 saturated heterocycles. The molecule has 0 saturated carbocycles. The van der Waals surface area contributed by atoms with Crippen molar-refractivity contribution in [3.8, 4) is 0 Å². The lowest BCUT2D eigenvalue weighted by molar-refractivity contribution is -0.128. The third kappa shape index (κ3) is 6.13. The summed E-state index contributed by atoms with van der Waals surface area (Å²) in [6.07, 6.45) is 4.14. The fourth-order valence-corrected chi connectivity index (χ4v) is 4.37. The van der Waals surface area contributed by atoms with Gasteiger partial charge in [0.1, 0.15) is 0 Å². The van der Waals surface area contributed by atoms with Crippen molar-refractivity contribution in [2.45, 2.75) is 43.4 Å². The number of aryl methyl sites for hydroxylation is 2. The molecule has 2 amide bonds. The van der Waals surface area contributed by atoms with Gasteiger partial charge in [0.15, 0.2) is 0 Å². The van der Waals surface area contributed by atoms with E-state index in [1.165, 1.54) is 5.56 Å². The Morgan fingerprint density at radius 3 is 2.31 bits per heavy atom. The Morgan fingerprint density at radius 1 is 0.862 bits per heavy atom. The first kappa shape index (κ1) is 21.0. The molecule has 0 aliphatic heterocycles. The van der Waals surface area contributed by atoms with E-state index in [4.69, 9.17) is 0 Å². The van der Waals surface area contributed by atoms with Crippen molar-refractivity contribution in [3.05, 3.63) is 65.2 Å². The Bertz CT molecular complexity index is 975. The van der Waals surface area contributed by atoms with Crippen molar-refractivity contribution >= 4 is 21.8 Å². The average molecular weight is 416 g/mol. The Balaban J connectivity index is 1.43. The molecule has 0 atom stereocenters. The number of hydrazine groups is 1. The maximum atomic E-state index is 12.5. The van der Waals surface area contributed by atoms with Crippen LogP contribution in [-0.2, 0) is 38.9 Å². The SMILES string of the molecule is O=C(CCNS(=O)(=O)c1ccc2c(c1)CCCC2)NNC(=O)Cc1ccccc1. The first-order valence-electron chi connectivity index (χ1n) is 9.67. The minimum Gasteiger partial charge on any atom is -0.273 e. The zero-order valence-electron chi connectivity index (χ0n) is 16.1. The van der Waals surface area contributed by atoms with Crippen molar-refractivity contribution < 1.29 is 18.0 Å². The molecule has 0 bridgehead atoms. The third-order valence-electron chi connectivity index (χ3n) is 4.82. The average Bonchev–Trinajstić information content (AvgIpc) is 2.72. The predicted molar refractivity (Wildman–Crippen MR) is 109 cm³/mol. The fraction of sp³-hybridized carbons (Fsp3) is 0.333. The van der Waals surface area contributed by atoms with Gasteiger partial charge in [0.05, 0.1) is 11.3 Å². The van der Waals surface area contributed by atoms with Gasteiger partial charge in [-0.15, -0.1) is 0 Å². The Labute approximate surface area is 170 Å². The van der Waals surface area contributed by atoms with Gasteiger partial charge in [-0.1, -0.05) is 36.4 Å². The van der Waals surface area contributed by atoms with Crippen LogP contribution in [-0.4, -0.2) is 26.8 Å². The maximum Gasteiger partial charge on any atom is 0.242 e. The zero-order chi connectivity index (χ0) is 20.7. The molecule has 2 aromatic rings. The summed E-state index contributed by atoms with van der Waals surface area (Å²) in [7, 11) is -3.68. The Morgan fingerprint density at radius 2 is 1.55 bits per heavy atom. The molecule has 1 aliphatic carbocycles. The van der Waals surface area contributed by atoms with E-state index in [1.807, 2.05) is 36.4 Å². The zero-order valence-corrected chi connectivity index (χ0v) is 16.9. The number of hydrogen-bond acceptors (Lipinski definition) is 4. The molecule has 0 heterocycles. The van der Waals surface area contributed by atoms with Crippen LogP contribution in [0.25, 0.3) is 0 Å². The van der Waals surface area contributed by atoms with Crippen LogP contribution in [0, 0.1) is 0 Å². The fourth-order valence-electron chi connectivity index (χ4n) is 3.29. The summed E-state index contributed by atoms with van der Waals surface area (Å²) in [6.45, 7) is -0.0557. The van der Waals surface area contributed by atoms with E-state index < -0.39 is 15.9 Å². The molecular weight excluding hydrogens is 390 g/mol. The van der Waals surface area contributed by atoms with Gasteiger partial charge in [0, 0.05) is 13.0 Å². The van der Waals surface area contributed by atoms with Crippen LogP contribution in [0.15, 0.2) is 53.4 Å². The molecule has 0 aromatic heterocycles. The van der Waals surface area contributed by atoms with E-state index >= 15 is 0 Å². The van der Waals surface area contributed by atoms with Crippen molar-refractivity contribution in [2.24, 2.45) is 0 Å². The normalized spacial score (nSPS) is 13.4. The first-order valence-corrected chi connectivity index (χ1v) is 11.2. The summed E-state index contributed by atoms with van der Waals surface area (Å²) in [6, 6.07) is 14.4. The quantitative estimate of drug-likeness (QED) is 0.598. The molecule has 0 fully saturated rings. The molecule has 1 aliphatic rings. The number of sulfonamides is 1. The van der Waals surface area contributed by atoms with Crippen LogP contribution in [0.4, 0.5) is 0 Å². The molecule has 7 nitrogen and oxygen atoms in total. The third-order valence-corrected chi connectivity index (χ3v) is 6.28. The number of fused-ring (bicyclic) bond motifs is 1. The molecule has 154 valence electrons. The maximum absolute atomic E-state index is 12.5. The number of nitrogens with one attached hydrogen (secondary N) is 3. The van der Waals surface area contributed by atoms with E-state index in [1.54, 1.807) is 12.1 Å². The minimum atomic E-state index is -3.68. The lowest BCUT2D eigenvalue weighted by atomic mass is 9.92. The molecule has 3 rings (SSSR count). The van der Waals surface area contributed by atoms with Crippen molar-refractivity contribution in [2.75, 3.05) is 6.54 Å². The second kappa shape index (κ2) is 9.67. The van der Waals surface area contributed by atoms with Gasteiger partial charge in [-0.05, 0) is 54.5 Å². The highest BCUT2D eigenvalue weighted by molar-refractivity contribution is 7.89. The number of rotatable bonds is 7. The van der Waals surface area contributed by atoms with Crippen LogP contribution in [0.2, 0.25) is 0 Å². The molecule has 0 radical (unpaired) electrons. The van der Waals surface area contributed by atoms with Gasteiger partial charge < -0.3 is 0 Å². The molecule has 8 heteroatoms. The molecule has 29 heavy (non-hydrogen) atoms. The molecule has 2 aromatic carbocycles. The number of carbonyl (C=O) groups excluding carboxylic acids is 2. The molecule has 3 N–H and O–H groups in total. The summed E-state index contributed by atoms with van der Waals surface area (Å²) in [4.78, 5) is 23.9. The van der Waals surface area contributed by atoms with Gasteiger partial charge in [0.25, 0.3) is 0 Å². The summed E-state index contributed by atoms with van der Waals surface area (Å²) >= 11 is 0. The van der Waals surface area contributed by atoms with Crippen LogP contribution in [0.5, 0.6) is 0 Å². The van der Waals surface area contributed by atoms with Gasteiger partial charge in [-0.2, -0.15) is 0 Å². The molecule has 0 spiro atoms. The van der Waals surface area contributed by atoms with Crippen LogP contribution in [0.1, 0.15) is 36.0 Å².